The number of anilines is 2. The van der Waals surface area contributed by atoms with Gasteiger partial charge in [-0.15, -0.1) is 0 Å². The summed E-state index contributed by atoms with van der Waals surface area (Å²) in [5.74, 6) is -2.86. The van der Waals surface area contributed by atoms with Crippen LogP contribution in [0.2, 0.25) is 0 Å². The molecule has 186 valence electrons. The van der Waals surface area contributed by atoms with Gasteiger partial charge in [0.2, 0.25) is 0 Å². The average Bonchev–Trinajstić information content (AvgIpc) is 3.48. The molecule has 0 amide bonds. The lowest BCUT2D eigenvalue weighted by molar-refractivity contribution is -0.0583. The molecule has 35 heavy (non-hydrogen) atoms. The van der Waals surface area contributed by atoms with E-state index in [4.69, 9.17) is 10.1 Å². The summed E-state index contributed by atoms with van der Waals surface area (Å²) in [4.78, 5) is 11.9. The third-order valence-corrected chi connectivity index (χ3v) is 7.36. The number of aliphatic hydroxyl groups is 1. The SMILES string of the molecule is Cc1nc(N[C@H](C)c2cccc(C(F)(F)CO)c2F)c2cc(N3CC[C@@H](C)C3)c3c(c2n1)CCC3. The van der Waals surface area contributed by atoms with E-state index >= 15 is 4.39 Å². The van der Waals surface area contributed by atoms with Gasteiger partial charge in [-0.1, -0.05) is 19.1 Å². The van der Waals surface area contributed by atoms with Crippen LogP contribution in [0.5, 0.6) is 0 Å². The number of fused-ring (bicyclic) bond motifs is 3. The Labute approximate surface area is 203 Å². The topological polar surface area (TPSA) is 61.3 Å². The number of hydrogen-bond acceptors (Lipinski definition) is 5. The van der Waals surface area contributed by atoms with E-state index in [1.807, 2.05) is 6.92 Å². The molecule has 1 aliphatic heterocycles. The van der Waals surface area contributed by atoms with Crippen LogP contribution >= 0.6 is 0 Å². The van der Waals surface area contributed by atoms with Gasteiger partial charge in [-0.3, -0.25) is 0 Å². The van der Waals surface area contributed by atoms with E-state index in [1.54, 1.807) is 6.92 Å². The normalized spacial score (nSPS) is 18.8. The molecule has 2 heterocycles. The molecule has 0 bridgehead atoms. The molecule has 0 spiro atoms. The number of hydrogen-bond donors (Lipinski definition) is 2. The van der Waals surface area contributed by atoms with Crippen molar-refractivity contribution in [2.45, 2.75) is 58.4 Å². The quantitative estimate of drug-likeness (QED) is 0.472. The molecule has 1 fully saturated rings. The zero-order valence-corrected chi connectivity index (χ0v) is 20.3. The zero-order valence-electron chi connectivity index (χ0n) is 20.3. The molecule has 0 saturated carbocycles. The molecule has 1 saturated heterocycles. The summed E-state index contributed by atoms with van der Waals surface area (Å²) < 4.78 is 43.3. The number of nitrogens with zero attached hydrogens (tertiary/aromatic N) is 3. The molecule has 5 rings (SSSR count). The Bertz CT molecular complexity index is 1280. The molecule has 2 aromatic carbocycles. The molecular weight excluding hydrogens is 453 g/mol. The Morgan fingerprint density at radius 3 is 2.71 bits per heavy atom. The monoisotopic (exact) mass is 484 g/mol. The average molecular weight is 485 g/mol. The highest BCUT2D eigenvalue weighted by Crippen LogP contribution is 2.41. The maximum Gasteiger partial charge on any atom is 0.298 e. The van der Waals surface area contributed by atoms with Gasteiger partial charge in [0.25, 0.3) is 5.92 Å². The van der Waals surface area contributed by atoms with Gasteiger partial charge in [0, 0.05) is 29.7 Å². The summed E-state index contributed by atoms with van der Waals surface area (Å²) in [6.45, 7) is 6.40. The molecule has 2 N–H and O–H groups in total. The van der Waals surface area contributed by atoms with E-state index in [2.05, 4.69) is 28.2 Å². The van der Waals surface area contributed by atoms with Crippen LogP contribution in [0, 0.1) is 18.7 Å². The molecule has 0 radical (unpaired) electrons. The first kappa shape index (κ1) is 23.9. The second kappa shape index (κ2) is 8.97. The van der Waals surface area contributed by atoms with Crippen LogP contribution in [0.4, 0.5) is 24.7 Å². The van der Waals surface area contributed by atoms with Gasteiger partial charge < -0.3 is 15.3 Å². The summed E-state index contributed by atoms with van der Waals surface area (Å²) in [6.07, 6.45) is 4.24. The van der Waals surface area contributed by atoms with Crippen molar-refractivity contribution in [1.29, 1.82) is 0 Å². The highest BCUT2D eigenvalue weighted by Gasteiger charge is 2.35. The molecule has 2 atom stereocenters. The van der Waals surface area contributed by atoms with Gasteiger partial charge in [-0.05, 0) is 68.7 Å². The Kier molecular flexibility index (Phi) is 6.11. The van der Waals surface area contributed by atoms with Gasteiger partial charge in [0.1, 0.15) is 24.1 Å². The standard InChI is InChI=1S/C27H31F3N4O/c1-15-10-11-34(13-15)23-12-21-25(20-8-4-7-19(20)23)32-17(3)33-26(21)31-16(2)18-6-5-9-22(24(18)28)27(29,30)14-35/h5-6,9,12,15-16,35H,4,7-8,10-11,13-14H2,1-3H3,(H,31,32,33)/t15-,16-/m1/s1. The summed E-state index contributed by atoms with van der Waals surface area (Å²) >= 11 is 0. The minimum Gasteiger partial charge on any atom is -0.390 e. The number of aromatic nitrogens is 2. The van der Waals surface area contributed by atoms with Gasteiger partial charge in [0.05, 0.1) is 17.1 Å². The molecule has 3 aromatic rings. The second-order valence-electron chi connectivity index (χ2n) is 10.00. The molecule has 2 aliphatic rings. The summed E-state index contributed by atoms with van der Waals surface area (Å²) in [5, 5.41) is 13.2. The summed E-state index contributed by atoms with van der Waals surface area (Å²) in [7, 11) is 0. The number of aliphatic hydroxyl groups excluding tert-OH is 1. The number of nitrogens with one attached hydrogen (secondary N) is 1. The lowest BCUT2D eigenvalue weighted by Crippen LogP contribution is -2.22. The van der Waals surface area contributed by atoms with E-state index in [-0.39, 0.29) is 5.56 Å². The third kappa shape index (κ3) is 4.22. The largest absolute Gasteiger partial charge is 0.390 e. The number of alkyl halides is 2. The summed E-state index contributed by atoms with van der Waals surface area (Å²) in [6, 6.07) is 5.40. The van der Waals surface area contributed by atoms with Crippen molar-refractivity contribution in [3.05, 3.63) is 58.2 Å². The van der Waals surface area contributed by atoms with Gasteiger partial charge in [-0.25, -0.2) is 14.4 Å². The fourth-order valence-electron chi connectivity index (χ4n) is 5.54. The van der Waals surface area contributed by atoms with Gasteiger partial charge in [0.15, 0.2) is 0 Å². The predicted molar refractivity (Wildman–Crippen MR) is 132 cm³/mol. The van der Waals surface area contributed by atoms with E-state index in [9.17, 15) is 8.78 Å². The van der Waals surface area contributed by atoms with Crippen molar-refractivity contribution in [2.75, 3.05) is 29.9 Å². The Balaban J connectivity index is 1.58. The predicted octanol–water partition coefficient (Wildman–Crippen LogP) is 5.67. The van der Waals surface area contributed by atoms with Crippen molar-refractivity contribution in [3.8, 4) is 0 Å². The summed E-state index contributed by atoms with van der Waals surface area (Å²) in [5.41, 5.74) is 4.06. The minimum atomic E-state index is -3.65. The molecule has 8 heteroatoms. The second-order valence-corrected chi connectivity index (χ2v) is 10.00. The van der Waals surface area contributed by atoms with Crippen molar-refractivity contribution in [1.82, 2.24) is 9.97 Å². The van der Waals surface area contributed by atoms with Crippen molar-refractivity contribution < 1.29 is 18.3 Å². The first-order valence-corrected chi connectivity index (χ1v) is 12.3. The highest BCUT2D eigenvalue weighted by molar-refractivity contribution is 5.96. The van der Waals surface area contributed by atoms with Gasteiger partial charge in [-0.2, -0.15) is 8.78 Å². The molecule has 5 nitrogen and oxygen atoms in total. The smallest absolute Gasteiger partial charge is 0.298 e. The number of aryl methyl sites for hydroxylation is 2. The number of benzene rings is 2. The van der Waals surface area contributed by atoms with Crippen LogP contribution in [0.25, 0.3) is 10.9 Å². The van der Waals surface area contributed by atoms with E-state index in [1.165, 1.54) is 28.9 Å². The zero-order chi connectivity index (χ0) is 24.9. The van der Waals surface area contributed by atoms with E-state index < -0.39 is 30.0 Å². The number of halogens is 3. The first-order valence-electron chi connectivity index (χ1n) is 12.3. The van der Waals surface area contributed by atoms with Crippen LogP contribution in [0.3, 0.4) is 0 Å². The fraction of sp³-hybridized carbons (Fsp3) is 0.481. The third-order valence-electron chi connectivity index (χ3n) is 7.36. The lowest BCUT2D eigenvalue weighted by Gasteiger charge is -2.24. The number of rotatable bonds is 6. The van der Waals surface area contributed by atoms with Crippen molar-refractivity contribution in [3.63, 3.8) is 0 Å². The van der Waals surface area contributed by atoms with Crippen LogP contribution in [-0.4, -0.2) is 34.8 Å². The maximum atomic E-state index is 15.1. The Morgan fingerprint density at radius 1 is 1.23 bits per heavy atom. The molecule has 1 aromatic heterocycles. The van der Waals surface area contributed by atoms with E-state index in [0.29, 0.717) is 17.6 Å². The molecular formula is C27H31F3N4O. The van der Waals surface area contributed by atoms with E-state index in [0.717, 1.165) is 55.7 Å². The van der Waals surface area contributed by atoms with Crippen molar-refractivity contribution in [2.24, 2.45) is 5.92 Å². The first-order chi connectivity index (χ1) is 16.7. The van der Waals surface area contributed by atoms with Crippen LogP contribution in [-0.2, 0) is 18.8 Å². The Hall–Kier alpha value is -2.87. The van der Waals surface area contributed by atoms with Gasteiger partial charge >= 0.3 is 0 Å². The van der Waals surface area contributed by atoms with Crippen LogP contribution in [0.15, 0.2) is 24.3 Å². The maximum absolute atomic E-state index is 15.1. The van der Waals surface area contributed by atoms with Crippen molar-refractivity contribution >= 4 is 22.4 Å². The molecule has 1 aliphatic carbocycles. The van der Waals surface area contributed by atoms with Crippen LogP contribution in [0.1, 0.15) is 60.8 Å². The highest BCUT2D eigenvalue weighted by atomic mass is 19.3. The lowest BCUT2D eigenvalue weighted by atomic mass is 9.99. The fourth-order valence-corrected chi connectivity index (χ4v) is 5.54. The van der Waals surface area contributed by atoms with Crippen LogP contribution < -0.4 is 10.2 Å². The molecule has 0 unspecified atom stereocenters. The minimum absolute atomic E-state index is 0.0924. The Morgan fingerprint density at radius 2 is 2.00 bits per heavy atom.